The number of ether oxygens (including phenoxy) is 2. The third-order valence-corrected chi connectivity index (χ3v) is 8.29. The first-order chi connectivity index (χ1) is 13.0. The van der Waals surface area contributed by atoms with E-state index in [-0.39, 0.29) is 31.3 Å². The second kappa shape index (κ2) is 5.35. The van der Waals surface area contributed by atoms with Crippen molar-refractivity contribution in [3.05, 3.63) is 23.8 Å². The smallest absolute Gasteiger partial charge is 0.206 e. The predicted molar refractivity (Wildman–Crippen MR) is 100 cm³/mol. The zero-order chi connectivity index (χ0) is 20.3. The number of aliphatic hydroxyl groups is 3. The number of hydrogen-bond donors (Lipinski definition) is 3. The lowest BCUT2D eigenvalue weighted by atomic mass is 9.48. The van der Waals surface area contributed by atoms with Crippen LogP contribution >= 0.6 is 0 Å². The van der Waals surface area contributed by atoms with Crippen LogP contribution in [0, 0.1) is 23.2 Å². The van der Waals surface area contributed by atoms with Crippen LogP contribution in [0.2, 0.25) is 0 Å². The van der Waals surface area contributed by atoms with Gasteiger partial charge in [-0.05, 0) is 51.9 Å². The number of hydrogen-bond acceptors (Lipinski definition) is 6. The van der Waals surface area contributed by atoms with Gasteiger partial charge in [-0.1, -0.05) is 23.8 Å². The summed E-state index contributed by atoms with van der Waals surface area (Å²) in [5, 5.41) is 33.9. The quantitative estimate of drug-likeness (QED) is 0.587. The van der Waals surface area contributed by atoms with Gasteiger partial charge in [0, 0.05) is 12.3 Å². The van der Waals surface area contributed by atoms with Crippen molar-refractivity contribution < 1.29 is 29.6 Å². The average molecular weight is 390 g/mol. The van der Waals surface area contributed by atoms with Crippen LogP contribution in [-0.2, 0) is 14.3 Å². The molecule has 5 fully saturated rings. The van der Waals surface area contributed by atoms with Gasteiger partial charge in [0.2, 0.25) is 5.79 Å². The van der Waals surface area contributed by atoms with Crippen molar-refractivity contribution in [1.82, 2.24) is 0 Å². The van der Waals surface area contributed by atoms with E-state index >= 15 is 0 Å². The van der Waals surface area contributed by atoms with E-state index < -0.39 is 46.3 Å². The Hall–Kier alpha value is -1.05. The number of rotatable bonds is 1. The number of carbonyl (C=O) groups is 1. The van der Waals surface area contributed by atoms with Gasteiger partial charge in [0.1, 0.15) is 11.7 Å². The summed E-state index contributed by atoms with van der Waals surface area (Å²) in [5.41, 5.74) is -2.04. The Labute approximate surface area is 165 Å². The van der Waals surface area contributed by atoms with Gasteiger partial charge in [-0.15, -0.1) is 0 Å². The second-order valence-corrected chi connectivity index (χ2v) is 10.2. The molecule has 2 heterocycles. The van der Waals surface area contributed by atoms with Crippen molar-refractivity contribution in [1.29, 1.82) is 0 Å². The number of Topliss-reactive ketones (excluding diaryl/α,β-unsaturated/α-hetero) is 1. The summed E-state index contributed by atoms with van der Waals surface area (Å²) < 4.78 is 11.9. The molecular weight excluding hydrogens is 360 g/mol. The van der Waals surface area contributed by atoms with Gasteiger partial charge in [-0.3, -0.25) is 4.79 Å². The number of fused-ring (bicyclic) bond motifs is 4. The molecule has 5 rings (SSSR count). The van der Waals surface area contributed by atoms with Crippen molar-refractivity contribution in [2.45, 2.75) is 75.7 Å². The number of ketones is 1. The first-order valence-corrected chi connectivity index (χ1v) is 10.3. The SMILES string of the molecule is C=C1[C@@H]2[C@@H](C=C(C)C)O[C@@]3(O)[C@@H]4C[C@@](O)(CO4)C(=O)[C@@]23C[C@H]2[C@H]1CC[C@@]2(C)O. The lowest BCUT2D eigenvalue weighted by Crippen LogP contribution is -2.70. The highest BCUT2D eigenvalue weighted by molar-refractivity contribution is 5.96. The van der Waals surface area contributed by atoms with Crippen molar-refractivity contribution in [2.75, 3.05) is 6.61 Å². The zero-order valence-corrected chi connectivity index (χ0v) is 16.8. The first-order valence-electron chi connectivity index (χ1n) is 10.3. The van der Waals surface area contributed by atoms with Crippen LogP contribution < -0.4 is 0 Å². The Morgan fingerprint density at radius 2 is 1.96 bits per heavy atom. The van der Waals surface area contributed by atoms with Crippen LogP contribution in [-0.4, -0.2) is 56.9 Å². The van der Waals surface area contributed by atoms with E-state index in [9.17, 15) is 20.1 Å². The van der Waals surface area contributed by atoms with Crippen molar-refractivity contribution >= 4 is 5.78 Å². The average Bonchev–Trinajstić information content (AvgIpc) is 3.20. The van der Waals surface area contributed by atoms with Crippen LogP contribution in [0.5, 0.6) is 0 Å². The summed E-state index contributed by atoms with van der Waals surface area (Å²) in [6.45, 7) is 9.95. The lowest BCUT2D eigenvalue weighted by Gasteiger charge is -2.55. The fraction of sp³-hybridized carbons (Fsp3) is 0.773. The predicted octanol–water partition coefficient (Wildman–Crippen LogP) is 1.48. The van der Waals surface area contributed by atoms with E-state index in [4.69, 9.17) is 9.47 Å². The monoisotopic (exact) mass is 390 g/mol. The maximum atomic E-state index is 13.8. The Morgan fingerprint density at radius 1 is 1.25 bits per heavy atom. The molecule has 3 N–H and O–H groups in total. The zero-order valence-electron chi connectivity index (χ0n) is 16.8. The Kier molecular flexibility index (Phi) is 3.62. The van der Waals surface area contributed by atoms with Crippen LogP contribution in [0.3, 0.4) is 0 Å². The molecule has 3 saturated carbocycles. The normalized spacial score (nSPS) is 57.0. The molecule has 0 unspecified atom stereocenters. The van der Waals surface area contributed by atoms with Gasteiger partial charge < -0.3 is 24.8 Å². The van der Waals surface area contributed by atoms with E-state index in [2.05, 4.69) is 6.58 Å². The maximum absolute atomic E-state index is 13.8. The molecule has 3 aliphatic carbocycles. The van der Waals surface area contributed by atoms with Crippen molar-refractivity contribution in [3.63, 3.8) is 0 Å². The molecule has 154 valence electrons. The van der Waals surface area contributed by atoms with E-state index in [0.29, 0.717) is 6.42 Å². The second-order valence-electron chi connectivity index (χ2n) is 10.2. The van der Waals surface area contributed by atoms with Crippen LogP contribution in [0.1, 0.15) is 46.5 Å². The Balaban J connectivity index is 1.73. The molecule has 2 saturated heterocycles. The summed E-state index contributed by atoms with van der Waals surface area (Å²) in [4.78, 5) is 13.8. The molecule has 9 atom stereocenters. The minimum atomic E-state index is -1.83. The standard InChI is InChI=1S/C22H30O6/c1-11(2)7-15-17-12(3)13-5-6-19(4,24)14(13)8-21(17)18(23)20(25)9-16(27-10-20)22(21,26)28-15/h7,13-17,24-26H,3,5-6,8-10H2,1-2,4H3/t13-,14-,15+,16-,17+,19+,20+,21+,22-/m0/s1. The maximum Gasteiger partial charge on any atom is 0.206 e. The number of carbonyl (C=O) groups excluding carboxylic acids is 1. The molecule has 0 aromatic rings. The van der Waals surface area contributed by atoms with Gasteiger partial charge in [0.05, 0.1) is 23.7 Å². The highest BCUT2D eigenvalue weighted by Gasteiger charge is 2.82. The summed E-state index contributed by atoms with van der Waals surface area (Å²) in [6, 6.07) is 0. The minimum Gasteiger partial charge on any atom is -0.390 e. The van der Waals surface area contributed by atoms with E-state index in [0.717, 1.165) is 17.6 Å². The highest BCUT2D eigenvalue weighted by atomic mass is 16.7. The van der Waals surface area contributed by atoms with Crippen molar-refractivity contribution in [3.8, 4) is 0 Å². The largest absolute Gasteiger partial charge is 0.390 e. The summed E-state index contributed by atoms with van der Waals surface area (Å²) in [7, 11) is 0. The molecule has 6 heteroatoms. The Morgan fingerprint density at radius 3 is 2.64 bits per heavy atom. The molecule has 2 bridgehead atoms. The Bertz CT molecular complexity index is 797. The highest BCUT2D eigenvalue weighted by Crippen LogP contribution is 2.70. The summed E-state index contributed by atoms with van der Waals surface area (Å²) in [5.74, 6) is -2.81. The molecule has 2 aliphatic heterocycles. The van der Waals surface area contributed by atoms with Crippen LogP contribution in [0.25, 0.3) is 0 Å². The molecule has 6 nitrogen and oxygen atoms in total. The molecule has 0 aromatic carbocycles. The molecule has 1 spiro atoms. The van der Waals surface area contributed by atoms with Crippen LogP contribution in [0.15, 0.2) is 23.8 Å². The van der Waals surface area contributed by atoms with E-state index in [1.165, 1.54) is 0 Å². The summed E-state index contributed by atoms with van der Waals surface area (Å²) >= 11 is 0. The summed E-state index contributed by atoms with van der Waals surface area (Å²) in [6.07, 6.45) is 2.41. The van der Waals surface area contributed by atoms with Gasteiger partial charge in [0.15, 0.2) is 5.78 Å². The third kappa shape index (κ3) is 1.98. The molecule has 0 amide bonds. The van der Waals surface area contributed by atoms with Gasteiger partial charge >= 0.3 is 0 Å². The van der Waals surface area contributed by atoms with E-state index in [1.54, 1.807) is 6.92 Å². The molecule has 0 radical (unpaired) electrons. The molecular formula is C22H30O6. The van der Waals surface area contributed by atoms with Gasteiger partial charge in [-0.25, -0.2) is 0 Å². The number of allylic oxidation sites excluding steroid dienone is 1. The van der Waals surface area contributed by atoms with Crippen molar-refractivity contribution in [2.24, 2.45) is 23.2 Å². The minimum absolute atomic E-state index is 0.0370. The lowest BCUT2D eigenvalue weighted by molar-refractivity contribution is -0.291. The third-order valence-electron chi connectivity index (χ3n) is 8.29. The topological polar surface area (TPSA) is 96.2 Å². The van der Waals surface area contributed by atoms with Crippen LogP contribution in [0.4, 0.5) is 0 Å². The molecule has 5 aliphatic rings. The van der Waals surface area contributed by atoms with E-state index in [1.807, 2.05) is 19.9 Å². The first kappa shape index (κ1) is 18.9. The van der Waals surface area contributed by atoms with Gasteiger partial charge in [0.25, 0.3) is 0 Å². The fourth-order valence-electron chi connectivity index (χ4n) is 7.04. The molecule has 0 aromatic heterocycles. The molecule has 28 heavy (non-hydrogen) atoms. The fourth-order valence-corrected chi connectivity index (χ4v) is 7.04. The van der Waals surface area contributed by atoms with Gasteiger partial charge in [-0.2, -0.15) is 0 Å².